The van der Waals surface area contributed by atoms with Crippen LogP contribution in [0.2, 0.25) is 0 Å². The Morgan fingerprint density at radius 1 is 1.62 bits per heavy atom. The van der Waals surface area contributed by atoms with Crippen molar-refractivity contribution in [3.8, 4) is 0 Å². The van der Waals surface area contributed by atoms with Crippen LogP contribution < -0.4 is 0 Å². The van der Waals surface area contributed by atoms with Crippen LogP contribution in [0.15, 0.2) is 18.3 Å². The van der Waals surface area contributed by atoms with E-state index in [0.29, 0.717) is 24.0 Å². The van der Waals surface area contributed by atoms with Gasteiger partial charge in [-0.2, -0.15) is 0 Å². The Labute approximate surface area is 100 Å². The number of hydrogen-bond acceptors (Lipinski definition) is 2. The normalized spacial score (nSPS) is 14.9. The first kappa shape index (κ1) is 11.4. The van der Waals surface area contributed by atoms with Crippen molar-refractivity contribution in [3.63, 3.8) is 0 Å². The lowest BCUT2D eigenvalue weighted by atomic mass is 10.2. The topological polar surface area (TPSA) is 33.2 Å². The molecule has 2 rings (SSSR count). The van der Waals surface area contributed by atoms with Gasteiger partial charge in [0.2, 0.25) is 0 Å². The molecule has 0 aromatic carbocycles. The molecule has 0 saturated heterocycles. The molecule has 0 unspecified atom stereocenters. The molecule has 1 amide bonds. The molecule has 1 saturated carbocycles. The average molecular weight is 239 g/mol. The van der Waals surface area contributed by atoms with Gasteiger partial charge >= 0.3 is 0 Å². The SMILES string of the molecule is Cc1ncccc1C(=O)N(CCCl)C1CC1. The molecule has 0 atom stereocenters. The van der Waals surface area contributed by atoms with E-state index in [1.807, 2.05) is 17.9 Å². The van der Waals surface area contributed by atoms with E-state index in [0.717, 1.165) is 18.5 Å². The molecule has 1 heterocycles. The highest BCUT2D eigenvalue weighted by atomic mass is 35.5. The lowest BCUT2D eigenvalue weighted by Gasteiger charge is -2.21. The largest absolute Gasteiger partial charge is 0.334 e. The van der Waals surface area contributed by atoms with E-state index in [1.54, 1.807) is 12.3 Å². The van der Waals surface area contributed by atoms with Gasteiger partial charge in [0.1, 0.15) is 0 Å². The third-order valence-corrected chi connectivity index (χ3v) is 2.98. The Morgan fingerprint density at radius 3 is 2.94 bits per heavy atom. The molecule has 1 fully saturated rings. The minimum atomic E-state index is 0.0637. The quantitative estimate of drug-likeness (QED) is 0.754. The molecule has 86 valence electrons. The minimum absolute atomic E-state index is 0.0637. The number of halogens is 1. The maximum atomic E-state index is 12.3. The van der Waals surface area contributed by atoms with Gasteiger partial charge < -0.3 is 4.90 Å². The van der Waals surface area contributed by atoms with E-state index in [4.69, 9.17) is 11.6 Å². The number of nitrogens with zero attached hydrogens (tertiary/aromatic N) is 2. The lowest BCUT2D eigenvalue weighted by molar-refractivity contribution is 0.0752. The molecule has 0 spiro atoms. The van der Waals surface area contributed by atoms with Crippen molar-refractivity contribution >= 4 is 17.5 Å². The van der Waals surface area contributed by atoms with E-state index in [2.05, 4.69) is 4.98 Å². The Bertz CT molecular complexity index is 390. The van der Waals surface area contributed by atoms with Gasteiger partial charge in [0.25, 0.3) is 5.91 Å². The van der Waals surface area contributed by atoms with E-state index < -0.39 is 0 Å². The number of pyridine rings is 1. The number of amides is 1. The van der Waals surface area contributed by atoms with Crippen LogP contribution in [0.3, 0.4) is 0 Å². The van der Waals surface area contributed by atoms with E-state index in [9.17, 15) is 4.79 Å². The summed E-state index contributed by atoms with van der Waals surface area (Å²) in [5.41, 5.74) is 1.48. The summed E-state index contributed by atoms with van der Waals surface area (Å²) in [7, 11) is 0. The fourth-order valence-corrected chi connectivity index (χ4v) is 1.97. The second-order valence-corrected chi connectivity index (χ2v) is 4.43. The molecule has 1 aromatic heterocycles. The second-order valence-electron chi connectivity index (χ2n) is 4.06. The van der Waals surface area contributed by atoms with Crippen LogP contribution in [0.5, 0.6) is 0 Å². The van der Waals surface area contributed by atoms with Crippen molar-refractivity contribution in [2.24, 2.45) is 0 Å². The summed E-state index contributed by atoms with van der Waals surface area (Å²) in [4.78, 5) is 18.3. The van der Waals surface area contributed by atoms with Gasteiger partial charge in [0.15, 0.2) is 0 Å². The third kappa shape index (κ3) is 2.35. The van der Waals surface area contributed by atoms with Gasteiger partial charge in [0.05, 0.1) is 5.56 Å². The maximum Gasteiger partial charge on any atom is 0.255 e. The zero-order valence-electron chi connectivity index (χ0n) is 9.32. The molecule has 4 heteroatoms. The van der Waals surface area contributed by atoms with Crippen LogP contribution in [-0.2, 0) is 0 Å². The van der Waals surface area contributed by atoms with Crippen LogP contribution in [0.25, 0.3) is 0 Å². The number of alkyl halides is 1. The predicted molar refractivity (Wildman–Crippen MR) is 63.8 cm³/mol. The van der Waals surface area contributed by atoms with E-state index in [1.165, 1.54) is 0 Å². The van der Waals surface area contributed by atoms with Crippen LogP contribution >= 0.6 is 11.6 Å². The molecule has 0 radical (unpaired) electrons. The summed E-state index contributed by atoms with van der Waals surface area (Å²) in [5, 5.41) is 0. The number of aryl methyl sites for hydroxylation is 1. The Balaban J connectivity index is 2.19. The Kier molecular flexibility index (Phi) is 3.44. The number of aromatic nitrogens is 1. The first-order valence-corrected chi connectivity index (χ1v) is 6.06. The van der Waals surface area contributed by atoms with Crippen molar-refractivity contribution < 1.29 is 4.79 Å². The molecular formula is C12H15ClN2O. The van der Waals surface area contributed by atoms with Gasteiger partial charge in [-0.3, -0.25) is 9.78 Å². The molecule has 16 heavy (non-hydrogen) atoms. The highest BCUT2D eigenvalue weighted by Gasteiger charge is 2.33. The predicted octanol–water partition coefficient (Wildman–Crippen LogP) is 2.23. The summed E-state index contributed by atoms with van der Waals surface area (Å²) < 4.78 is 0. The van der Waals surface area contributed by atoms with Crippen LogP contribution in [0.1, 0.15) is 28.9 Å². The summed E-state index contributed by atoms with van der Waals surface area (Å²) in [6.07, 6.45) is 3.90. The van der Waals surface area contributed by atoms with E-state index >= 15 is 0 Å². The second kappa shape index (κ2) is 4.83. The Morgan fingerprint density at radius 2 is 2.38 bits per heavy atom. The first-order chi connectivity index (χ1) is 7.74. The van der Waals surface area contributed by atoms with Crippen molar-refractivity contribution in [1.29, 1.82) is 0 Å². The summed E-state index contributed by atoms with van der Waals surface area (Å²) >= 11 is 5.73. The van der Waals surface area contributed by atoms with Crippen LogP contribution in [0.4, 0.5) is 0 Å². The van der Waals surface area contributed by atoms with E-state index in [-0.39, 0.29) is 5.91 Å². The third-order valence-electron chi connectivity index (χ3n) is 2.81. The lowest BCUT2D eigenvalue weighted by Crippen LogP contribution is -2.35. The van der Waals surface area contributed by atoms with Crippen molar-refractivity contribution in [2.75, 3.05) is 12.4 Å². The van der Waals surface area contributed by atoms with Gasteiger partial charge in [-0.25, -0.2) is 0 Å². The number of hydrogen-bond donors (Lipinski definition) is 0. The Hall–Kier alpha value is -1.09. The maximum absolute atomic E-state index is 12.3. The molecular weight excluding hydrogens is 224 g/mol. The molecule has 0 bridgehead atoms. The molecule has 0 N–H and O–H groups in total. The zero-order chi connectivity index (χ0) is 11.5. The number of carbonyl (C=O) groups excluding carboxylic acids is 1. The van der Waals surface area contributed by atoms with Crippen molar-refractivity contribution in [3.05, 3.63) is 29.6 Å². The van der Waals surface area contributed by atoms with Gasteiger partial charge in [0, 0.05) is 30.4 Å². The van der Waals surface area contributed by atoms with Crippen LogP contribution in [-0.4, -0.2) is 34.3 Å². The van der Waals surface area contributed by atoms with Gasteiger partial charge in [-0.05, 0) is 31.9 Å². The molecule has 1 aromatic rings. The minimum Gasteiger partial charge on any atom is -0.334 e. The smallest absolute Gasteiger partial charge is 0.255 e. The van der Waals surface area contributed by atoms with Gasteiger partial charge in [-0.15, -0.1) is 11.6 Å². The first-order valence-electron chi connectivity index (χ1n) is 5.52. The number of carbonyl (C=O) groups is 1. The summed E-state index contributed by atoms with van der Waals surface area (Å²) in [6.45, 7) is 2.48. The number of rotatable bonds is 4. The van der Waals surface area contributed by atoms with Crippen molar-refractivity contribution in [2.45, 2.75) is 25.8 Å². The summed E-state index contributed by atoms with van der Waals surface area (Å²) in [5.74, 6) is 0.551. The standard InChI is InChI=1S/C12H15ClN2O/c1-9-11(3-2-7-14-9)12(16)15(8-6-13)10-4-5-10/h2-3,7,10H,4-6,8H2,1H3. The van der Waals surface area contributed by atoms with Crippen LogP contribution in [0, 0.1) is 6.92 Å². The zero-order valence-corrected chi connectivity index (χ0v) is 10.1. The highest BCUT2D eigenvalue weighted by Crippen LogP contribution is 2.28. The monoisotopic (exact) mass is 238 g/mol. The molecule has 1 aliphatic rings. The fourth-order valence-electron chi connectivity index (χ4n) is 1.79. The van der Waals surface area contributed by atoms with Crippen molar-refractivity contribution in [1.82, 2.24) is 9.88 Å². The average Bonchev–Trinajstić information content (AvgIpc) is 3.09. The molecule has 3 nitrogen and oxygen atoms in total. The highest BCUT2D eigenvalue weighted by molar-refractivity contribution is 6.18. The molecule has 0 aliphatic heterocycles. The summed E-state index contributed by atoms with van der Waals surface area (Å²) in [6, 6.07) is 4.02. The molecule has 1 aliphatic carbocycles. The fraction of sp³-hybridized carbons (Fsp3) is 0.500. The van der Waals surface area contributed by atoms with Gasteiger partial charge in [-0.1, -0.05) is 0 Å².